The van der Waals surface area contributed by atoms with Crippen LogP contribution in [0, 0.1) is 0 Å². The minimum atomic E-state index is -0.348. The zero-order valence-electron chi connectivity index (χ0n) is 14.3. The van der Waals surface area contributed by atoms with Gasteiger partial charge in [0.05, 0.1) is 17.7 Å². The SMILES string of the molecule is COc1ccccc1NC(=O)CN1C(=O)/C(=C/c2cccc(Br)c2)SC1=S. The van der Waals surface area contributed by atoms with Gasteiger partial charge in [0, 0.05) is 4.47 Å². The van der Waals surface area contributed by atoms with Gasteiger partial charge >= 0.3 is 0 Å². The predicted molar refractivity (Wildman–Crippen MR) is 116 cm³/mol. The molecule has 27 heavy (non-hydrogen) atoms. The maximum absolute atomic E-state index is 12.6. The van der Waals surface area contributed by atoms with Crippen LogP contribution in [0.4, 0.5) is 5.69 Å². The summed E-state index contributed by atoms with van der Waals surface area (Å²) in [6.07, 6.45) is 1.77. The van der Waals surface area contributed by atoms with E-state index in [1.807, 2.05) is 30.3 Å². The van der Waals surface area contributed by atoms with Gasteiger partial charge in [-0.2, -0.15) is 0 Å². The summed E-state index contributed by atoms with van der Waals surface area (Å²) in [4.78, 5) is 26.8. The predicted octanol–water partition coefficient (Wildman–Crippen LogP) is 4.30. The van der Waals surface area contributed by atoms with Crippen LogP contribution in [-0.2, 0) is 9.59 Å². The average Bonchev–Trinajstić information content (AvgIpc) is 2.89. The Kier molecular flexibility index (Phi) is 6.30. The number of nitrogens with one attached hydrogen (secondary N) is 1. The molecule has 1 aliphatic rings. The van der Waals surface area contributed by atoms with Crippen molar-refractivity contribution in [2.24, 2.45) is 0 Å². The molecule has 0 radical (unpaired) electrons. The lowest BCUT2D eigenvalue weighted by molar-refractivity contribution is -0.126. The Morgan fingerprint density at radius 1 is 1.30 bits per heavy atom. The zero-order chi connectivity index (χ0) is 19.4. The Bertz CT molecular complexity index is 946. The van der Waals surface area contributed by atoms with Crippen LogP contribution in [0.1, 0.15) is 5.56 Å². The molecule has 0 bridgehead atoms. The summed E-state index contributed by atoms with van der Waals surface area (Å²) < 4.78 is 6.49. The molecule has 1 N–H and O–H groups in total. The molecule has 2 amide bonds. The monoisotopic (exact) mass is 462 g/mol. The van der Waals surface area contributed by atoms with E-state index in [2.05, 4.69) is 21.2 Å². The van der Waals surface area contributed by atoms with E-state index in [0.717, 1.165) is 10.0 Å². The van der Waals surface area contributed by atoms with Crippen molar-refractivity contribution in [2.75, 3.05) is 19.0 Å². The summed E-state index contributed by atoms with van der Waals surface area (Å²) in [6.45, 7) is -0.154. The number of carbonyl (C=O) groups is 2. The highest BCUT2D eigenvalue weighted by Crippen LogP contribution is 2.33. The van der Waals surface area contributed by atoms with Crippen molar-refractivity contribution >= 4 is 67.8 Å². The van der Waals surface area contributed by atoms with Gasteiger partial charge in [-0.3, -0.25) is 14.5 Å². The van der Waals surface area contributed by atoms with Gasteiger partial charge in [0.2, 0.25) is 5.91 Å². The molecule has 0 spiro atoms. The number of ether oxygens (including phenoxy) is 1. The van der Waals surface area contributed by atoms with Crippen molar-refractivity contribution in [1.29, 1.82) is 0 Å². The summed E-state index contributed by atoms with van der Waals surface area (Å²) in [5.74, 6) is -0.0783. The third-order valence-corrected chi connectivity index (χ3v) is 5.57. The number of methoxy groups -OCH3 is 1. The minimum absolute atomic E-state index is 0.154. The van der Waals surface area contributed by atoms with Crippen molar-refractivity contribution < 1.29 is 14.3 Å². The van der Waals surface area contributed by atoms with Gasteiger partial charge in [-0.15, -0.1) is 0 Å². The van der Waals surface area contributed by atoms with Crippen LogP contribution in [-0.4, -0.2) is 34.7 Å². The van der Waals surface area contributed by atoms with E-state index in [0.29, 0.717) is 20.7 Å². The molecule has 3 rings (SSSR count). The maximum Gasteiger partial charge on any atom is 0.266 e. The van der Waals surface area contributed by atoms with E-state index in [4.69, 9.17) is 17.0 Å². The molecular weight excluding hydrogens is 448 g/mol. The second kappa shape index (κ2) is 8.69. The second-order valence-corrected chi connectivity index (χ2v) is 8.16. The first-order valence-electron chi connectivity index (χ1n) is 7.92. The molecule has 8 heteroatoms. The lowest BCUT2D eigenvalue weighted by Gasteiger charge is -2.15. The molecule has 138 valence electrons. The molecule has 1 heterocycles. The van der Waals surface area contributed by atoms with E-state index in [1.165, 1.54) is 23.8 Å². The van der Waals surface area contributed by atoms with Crippen molar-refractivity contribution in [2.45, 2.75) is 0 Å². The number of carbonyl (C=O) groups excluding carboxylic acids is 2. The number of nitrogens with zero attached hydrogens (tertiary/aromatic N) is 1. The van der Waals surface area contributed by atoms with Crippen LogP contribution in [0.25, 0.3) is 6.08 Å². The Labute approximate surface area is 174 Å². The van der Waals surface area contributed by atoms with Gasteiger partial charge in [0.25, 0.3) is 5.91 Å². The molecular formula is C19H15BrN2O3S2. The number of para-hydroxylation sites is 2. The summed E-state index contributed by atoms with van der Waals surface area (Å²) in [5.41, 5.74) is 1.42. The molecule has 2 aromatic carbocycles. The van der Waals surface area contributed by atoms with E-state index < -0.39 is 0 Å². The fraction of sp³-hybridized carbons (Fsp3) is 0.105. The van der Waals surface area contributed by atoms with Crippen LogP contribution < -0.4 is 10.1 Å². The molecule has 1 aliphatic heterocycles. The molecule has 0 unspecified atom stereocenters. The Morgan fingerprint density at radius 2 is 2.07 bits per heavy atom. The number of hydrogen-bond acceptors (Lipinski definition) is 5. The lowest BCUT2D eigenvalue weighted by atomic mass is 10.2. The highest BCUT2D eigenvalue weighted by Gasteiger charge is 2.33. The van der Waals surface area contributed by atoms with Crippen molar-refractivity contribution in [3.63, 3.8) is 0 Å². The first-order valence-corrected chi connectivity index (χ1v) is 9.93. The molecule has 2 aromatic rings. The summed E-state index contributed by atoms with van der Waals surface area (Å²) in [7, 11) is 1.53. The maximum atomic E-state index is 12.6. The zero-order valence-corrected chi connectivity index (χ0v) is 17.5. The molecule has 0 aliphatic carbocycles. The number of amides is 2. The number of rotatable bonds is 5. The van der Waals surface area contributed by atoms with Crippen LogP contribution in [0.2, 0.25) is 0 Å². The molecule has 0 aromatic heterocycles. The fourth-order valence-electron chi connectivity index (χ4n) is 2.47. The molecule has 1 fully saturated rings. The van der Waals surface area contributed by atoms with E-state index >= 15 is 0 Å². The smallest absolute Gasteiger partial charge is 0.266 e. The highest BCUT2D eigenvalue weighted by molar-refractivity contribution is 9.10. The van der Waals surface area contributed by atoms with Crippen molar-refractivity contribution in [1.82, 2.24) is 4.90 Å². The summed E-state index contributed by atoms with van der Waals surface area (Å²) in [5, 5.41) is 2.75. The summed E-state index contributed by atoms with van der Waals surface area (Å²) in [6, 6.07) is 14.7. The van der Waals surface area contributed by atoms with Crippen LogP contribution in [0.3, 0.4) is 0 Å². The number of hydrogen-bond donors (Lipinski definition) is 1. The summed E-state index contributed by atoms with van der Waals surface area (Å²) >= 11 is 9.87. The minimum Gasteiger partial charge on any atom is -0.495 e. The molecule has 0 atom stereocenters. The second-order valence-electron chi connectivity index (χ2n) is 5.57. The fourth-order valence-corrected chi connectivity index (χ4v) is 4.14. The van der Waals surface area contributed by atoms with Crippen LogP contribution in [0.5, 0.6) is 5.75 Å². The molecule has 0 saturated carbocycles. The van der Waals surface area contributed by atoms with Crippen LogP contribution >= 0.6 is 39.9 Å². The Morgan fingerprint density at radius 3 is 2.81 bits per heavy atom. The van der Waals surface area contributed by atoms with Crippen LogP contribution in [0.15, 0.2) is 57.9 Å². The van der Waals surface area contributed by atoms with E-state index in [-0.39, 0.29) is 18.4 Å². The topological polar surface area (TPSA) is 58.6 Å². The van der Waals surface area contributed by atoms with Crippen molar-refractivity contribution in [3.8, 4) is 5.75 Å². The largest absolute Gasteiger partial charge is 0.495 e. The first kappa shape index (κ1) is 19.6. The number of thioether (sulfide) groups is 1. The normalized spacial score (nSPS) is 15.3. The lowest BCUT2D eigenvalue weighted by Crippen LogP contribution is -2.36. The Hall–Kier alpha value is -2.16. The van der Waals surface area contributed by atoms with Gasteiger partial charge in [-0.05, 0) is 35.9 Å². The van der Waals surface area contributed by atoms with Gasteiger partial charge < -0.3 is 10.1 Å². The third-order valence-electron chi connectivity index (χ3n) is 3.70. The average molecular weight is 463 g/mol. The molecule has 1 saturated heterocycles. The van der Waals surface area contributed by atoms with Gasteiger partial charge in [-0.25, -0.2) is 0 Å². The van der Waals surface area contributed by atoms with Crippen molar-refractivity contribution in [3.05, 3.63) is 63.5 Å². The molecule has 5 nitrogen and oxygen atoms in total. The third kappa shape index (κ3) is 4.77. The number of benzene rings is 2. The Balaban J connectivity index is 1.71. The highest BCUT2D eigenvalue weighted by atomic mass is 79.9. The standard InChI is InChI=1S/C19H15BrN2O3S2/c1-25-15-8-3-2-7-14(15)21-17(23)11-22-18(24)16(27-19(22)26)10-12-5-4-6-13(20)9-12/h2-10H,11H2,1H3,(H,21,23)/b16-10-. The van der Waals surface area contributed by atoms with E-state index in [1.54, 1.807) is 24.3 Å². The van der Waals surface area contributed by atoms with Gasteiger partial charge in [0.15, 0.2) is 0 Å². The first-order chi connectivity index (χ1) is 13.0. The quantitative estimate of drug-likeness (QED) is 0.530. The number of halogens is 1. The number of anilines is 1. The van der Waals surface area contributed by atoms with E-state index in [9.17, 15) is 9.59 Å². The van der Waals surface area contributed by atoms with Gasteiger partial charge in [-0.1, -0.05) is 64.2 Å². The van der Waals surface area contributed by atoms with Gasteiger partial charge in [0.1, 0.15) is 16.6 Å². The number of thiocarbonyl (C=S) groups is 1.